The molecule has 0 aromatic carbocycles. The van der Waals surface area contributed by atoms with Gasteiger partial charge in [0.1, 0.15) is 0 Å². The summed E-state index contributed by atoms with van der Waals surface area (Å²) in [6, 6.07) is 0. The molecule has 1 fully saturated rings. The zero-order valence-electron chi connectivity index (χ0n) is 10.9. The summed E-state index contributed by atoms with van der Waals surface area (Å²) in [5.74, 6) is 0.369. The van der Waals surface area contributed by atoms with Crippen LogP contribution in [0.15, 0.2) is 12.2 Å². The van der Waals surface area contributed by atoms with Crippen molar-refractivity contribution in [2.75, 3.05) is 39.7 Å². The molecule has 100 valence electrons. The maximum atomic E-state index is 10.9. The van der Waals surface area contributed by atoms with Crippen LogP contribution in [0.5, 0.6) is 0 Å². The van der Waals surface area contributed by atoms with Gasteiger partial charge < -0.3 is 14.4 Å². The Bertz CT molecular complexity index is 240. The number of alkyl halides is 1. The first-order chi connectivity index (χ1) is 7.97. The molecule has 1 rings (SSSR count). The SMILES string of the molecule is C=C(C)C(=O)OCCCN(C)C.ClCC1CO1. The van der Waals surface area contributed by atoms with Crippen molar-refractivity contribution in [3.05, 3.63) is 12.2 Å². The fraction of sp³-hybridized carbons (Fsp3) is 0.750. The zero-order chi connectivity index (χ0) is 13.3. The fourth-order valence-electron chi connectivity index (χ4n) is 0.826. The van der Waals surface area contributed by atoms with E-state index < -0.39 is 0 Å². The minimum Gasteiger partial charge on any atom is -0.462 e. The summed E-state index contributed by atoms with van der Waals surface area (Å²) in [6.07, 6.45) is 1.27. The zero-order valence-corrected chi connectivity index (χ0v) is 11.6. The number of carbonyl (C=O) groups is 1. The lowest BCUT2D eigenvalue weighted by molar-refractivity contribution is -0.139. The van der Waals surface area contributed by atoms with Crippen LogP contribution < -0.4 is 0 Å². The van der Waals surface area contributed by atoms with Gasteiger partial charge in [0.25, 0.3) is 0 Å². The molecular formula is C12H22ClNO3. The maximum Gasteiger partial charge on any atom is 0.333 e. The molecule has 4 nitrogen and oxygen atoms in total. The van der Waals surface area contributed by atoms with Crippen LogP contribution in [-0.4, -0.2) is 56.7 Å². The normalized spacial score (nSPS) is 17.1. The van der Waals surface area contributed by atoms with Crippen LogP contribution in [-0.2, 0) is 14.3 Å². The second-order valence-corrected chi connectivity index (χ2v) is 4.49. The molecule has 0 aromatic heterocycles. The van der Waals surface area contributed by atoms with Gasteiger partial charge in [0.05, 0.1) is 25.2 Å². The number of hydrogen-bond donors (Lipinski definition) is 0. The summed E-state index contributed by atoms with van der Waals surface area (Å²) in [6.45, 7) is 7.42. The predicted molar refractivity (Wildman–Crippen MR) is 69.4 cm³/mol. The second kappa shape index (κ2) is 9.45. The van der Waals surface area contributed by atoms with E-state index in [-0.39, 0.29) is 5.97 Å². The van der Waals surface area contributed by atoms with Crippen molar-refractivity contribution in [3.63, 3.8) is 0 Å². The number of halogens is 1. The highest BCUT2D eigenvalue weighted by Gasteiger charge is 2.19. The molecule has 0 bridgehead atoms. The summed E-state index contributed by atoms with van der Waals surface area (Å²) in [7, 11) is 3.97. The second-order valence-electron chi connectivity index (χ2n) is 4.18. The number of rotatable bonds is 6. The molecule has 0 amide bonds. The quantitative estimate of drug-likeness (QED) is 0.240. The van der Waals surface area contributed by atoms with Crippen molar-refractivity contribution in [2.24, 2.45) is 0 Å². The van der Waals surface area contributed by atoms with Gasteiger partial charge in [0.2, 0.25) is 0 Å². The first-order valence-electron chi connectivity index (χ1n) is 5.62. The minimum atomic E-state index is -0.297. The number of hydrogen-bond acceptors (Lipinski definition) is 4. The lowest BCUT2D eigenvalue weighted by atomic mass is 10.3. The highest BCUT2D eigenvalue weighted by Crippen LogP contribution is 2.08. The van der Waals surface area contributed by atoms with E-state index in [1.54, 1.807) is 6.92 Å². The van der Waals surface area contributed by atoms with Gasteiger partial charge in [-0.15, -0.1) is 11.6 Å². The summed E-state index contributed by atoms with van der Waals surface area (Å²) in [5, 5.41) is 0. The highest BCUT2D eigenvalue weighted by atomic mass is 35.5. The summed E-state index contributed by atoms with van der Waals surface area (Å²) in [5.41, 5.74) is 0.458. The van der Waals surface area contributed by atoms with E-state index in [0.717, 1.165) is 19.6 Å². The molecule has 1 heterocycles. The van der Waals surface area contributed by atoms with Gasteiger partial charge in [-0.2, -0.15) is 0 Å². The third-order valence-electron chi connectivity index (χ3n) is 1.91. The Balaban J connectivity index is 0.000000419. The molecule has 5 heteroatoms. The first kappa shape index (κ1) is 16.4. The molecule has 1 atom stereocenters. The van der Waals surface area contributed by atoms with Crippen molar-refractivity contribution < 1.29 is 14.3 Å². The molecule has 0 aliphatic carbocycles. The molecule has 1 aliphatic heterocycles. The van der Waals surface area contributed by atoms with E-state index >= 15 is 0 Å². The van der Waals surface area contributed by atoms with Gasteiger partial charge in [-0.05, 0) is 27.4 Å². The van der Waals surface area contributed by atoms with Crippen LogP contribution in [0.3, 0.4) is 0 Å². The molecule has 1 unspecified atom stereocenters. The van der Waals surface area contributed by atoms with Crippen molar-refractivity contribution in [1.82, 2.24) is 4.90 Å². The van der Waals surface area contributed by atoms with E-state index in [0.29, 0.717) is 24.2 Å². The standard InChI is InChI=1S/C9H17NO2.C3H5ClO/c1-8(2)9(11)12-7-5-6-10(3)4;4-1-3-2-5-3/h1,5-7H2,2-4H3;3H,1-2H2. The van der Waals surface area contributed by atoms with Crippen molar-refractivity contribution >= 4 is 17.6 Å². The van der Waals surface area contributed by atoms with Crippen LogP contribution in [0.4, 0.5) is 0 Å². The van der Waals surface area contributed by atoms with Crippen LogP contribution in [0.1, 0.15) is 13.3 Å². The largest absolute Gasteiger partial charge is 0.462 e. The molecule has 0 aromatic rings. The van der Waals surface area contributed by atoms with Gasteiger partial charge in [0.15, 0.2) is 0 Å². The Morgan fingerprint density at radius 2 is 2.18 bits per heavy atom. The molecule has 1 aliphatic rings. The van der Waals surface area contributed by atoms with Crippen molar-refractivity contribution in [3.8, 4) is 0 Å². The lowest BCUT2D eigenvalue weighted by Gasteiger charge is -2.09. The lowest BCUT2D eigenvalue weighted by Crippen LogP contribution is -2.16. The number of ether oxygens (including phenoxy) is 2. The van der Waals surface area contributed by atoms with Gasteiger partial charge in [0, 0.05) is 12.1 Å². The highest BCUT2D eigenvalue weighted by molar-refractivity contribution is 6.18. The average Bonchev–Trinajstić information content (AvgIpc) is 3.07. The van der Waals surface area contributed by atoms with Gasteiger partial charge in [-0.25, -0.2) is 4.79 Å². The maximum absolute atomic E-state index is 10.9. The Labute approximate surface area is 109 Å². The number of carbonyl (C=O) groups excluding carboxylic acids is 1. The molecule has 0 radical (unpaired) electrons. The van der Waals surface area contributed by atoms with E-state index in [9.17, 15) is 4.79 Å². The number of nitrogens with zero attached hydrogens (tertiary/aromatic N) is 1. The fourth-order valence-corrected chi connectivity index (χ4v) is 1.00. The monoisotopic (exact) mass is 263 g/mol. The third kappa shape index (κ3) is 11.7. The van der Waals surface area contributed by atoms with Crippen LogP contribution >= 0.6 is 11.6 Å². The topological polar surface area (TPSA) is 42.1 Å². The van der Waals surface area contributed by atoms with E-state index in [1.165, 1.54) is 0 Å². The van der Waals surface area contributed by atoms with Crippen LogP contribution in [0.25, 0.3) is 0 Å². The van der Waals surface area contributed by atoms with Crippen LogP contribution in [0.2, 0.25) is 0 Å². The van der Waals surface area contributed by atoms with E-state index in [1.807, 2.05) is 14.1 Å². The summed E-state index contributed by atoms with van der Waals surface area (Å²) >= 11 is 5.27. The predicted octanol–water partition coefficient (Wildman–Crippen LogP) is 1.68. The molecule has 0 N–H and O–H groups in total. The number of epoxide rings is 1. The molecular weight excluding hydrogens is 242 g/mol. The Morgan fingerprint density at radius 1 is 1.59 bits per heavy atom. The summed E-state index contributed by atoms with van der Waals surface area (Å²) in [4.78, 5) is 12.9. The molecule has 1 saturated heterocycles. The van der Waals surface area contributed by atoms with E-state index in [2.05, 4.69) is 11.5 Å². The van der Waals surface area contributed by atoms with Crippen molar-refractivity contribution in [1.29, 1.82) is 0 Å². The molecule has 0 saturated carbocycles. The van der Waals surface area contributed by atoms with Crippen LogP contribution in [0, 0.1) is 0 Å². The first-order valence-corrected chi connectivity index (χ1v) is 6.15. The minimum absolute atomic E-state index is 0.297. The molecule has 0 spiro atoms. The third-order valence-corrected chi connectivity index (χ3v) is 2.25. The summed E-state index contributed by atoms with van der Waals surface area (Å²) < 4.78 is 9.61. The Hall–Kier alpha value is -0.580. The van der Waals surface area contributed by atoms with Gasteiger partial charge in [-0.3, -0.25) is 0 Å². The van der Waals surface area contributed by atoms with Crippen molar-refractivity contribution in [2.45, 2.75) is 19.4 Å². The molecule has 17 heavy (non-hydrogen) atoms. The Morgan fingerprint density at radius 3 is 2.47 bits per heavy atom. The smallest absolute Gasteiger partial charge is 0.333 e. The number of esters is 1. The van der Waals surface area contributed by atoms with Gasteiger partial charge in [-0.1, -0.05) is 6.58 Å². The average molecular weight is 264 g/mol. The Kier molecular flexibility index (Phi) is 9.13. The van der Waals surface area contributed by atoms with Gasteiger partial charge >= 0.3 is 5.97 Å². The van der Waals surface area contributed by atoms with E-state index in [4.69, 9.17) is 21.1 Å².